The second kappa shape index (κ2) is 7.11. The van der Waals surface area contributed by atoms with Crippen LogP contribution in [0.2, 0.25) is 0 Å². The number of benzene rings is 1. The third kappa shape index (κ3) is 3.78. The molecule has 0 bridgehead atoms. The molecule has 0 aliphatic heterocycles. The fourth-order valence-electron chi connectivity index (χ4n) is 2.07. The van der Waals surface area contributed by atoms with Crippen molar-refractivity contribution in [2.75, 3.05) is 6.54 Å². The van der Waals surface area contributed by atoms with Crippen molar-refractivity contribution in [2.24, 2.45) is 0 Å². The molecule has 0 radical (unpaired) electrons. The van der Waals surface area contributed by atoms with E-state index < -0.39 is 6.10 Å². The molecule has 0 fully saturated rings. The van der Waals surface area contributed by atoms with Crippen molar-refractivity contribution < 1.29 is 9.50 Å². The molecule has 0 aliphatic rings. The number of hydrogen-bond acceptors (Lipinski definition) is 5. The summed E-state index contributed by atoms with van der Waals surface area (Å²) in [5, 5.41) is 18.2. The van der Waals surface area contributed by atoms with E-state index in [4.69, 9.17) is 0 Å². The number of nitrogens with one attached hydrogen (secondary N) is 1. The van der Waals surface area contributed by atoms with Crippen molar-refractivity contribution >= 4 is 22.7 Å². The van der Waals surface area contributed by atoms with Crippen LogP contribution in [0.1, 0.15) is 17.4 Å². The van der Waals surface area contributed by atoms with Crippen molar-refractivity contribution in [2.45, 2.75) is 12.6 Å². The van der Waals surface area contributed by atoms with Gasteiger partial charge in [0.05, 0.1) is 16.7 Å². The largest absolute Gasteiger partial charge is 0.387 e. The summed E-state index contributed by atoms with van der Waals surface area (Å²) in [6.07, 6.45) is -0.730. The van der Waals surface area contributed by atoms with Crippen molar-refractivity contribution in [3.8, 4) is 9.88 Å². The highest BCUT2D eigenvalue weighted by Gasteiger charge is 2.09. The first-order valence-corrected chi connectivity index (χ1v) is 8.61. The molecule has 3 nitrogen and oxygen atoms in total. The van der Waals surface area contributed by atoms with Gasteiger partial charge in [0.25, 0.3) is 0 Å². The lowest BCUT2D eigenvalue weighted by Gasteiger charge is -2.11. The molecule has 1 atom stereocenters. The summed E-state index contributed by atoms with van der Waals surface area (Å²) >= 11 is 3.28. The molecule has 0 saturated heterocycles. The highest BCUT2D eigenvalue weighted by atomic mass is 32.1. The van der Waals surface area contributed by atoms with E-state index in [0.29, 0.717) is 18.7 Å². The number of aliphatic hydroxyl groups is 1. The Morgan fingerprint density at radius 3 is 2.91 bits per heavy atom. The third-order valence-electron chi connectivity index (χ3n) is 3.16. The molecule has 22 heavy (non-hydrogen) atoms. The molecule has 3 aromatic rings. The summed E-state index contributed by atoms with van der Waals surface area (Å²) in [6.45, 7) is 0.934. The fraction of sp³-hybridized carbons (Fsp3) is 0.188. The molecule has 6 heteroatoms. The average Bonchev–Trinajstić information content (AvgIpc) is 3.18. The van der Waals surface area contributed by atoms with Gasteiger partial charge >= 0.3 is 0 Å². The van der Waals surface area contributed by atoms with Gasteiger partial charge in [0.2, 0.25) is 0 Å². The van der Waals surface area contributed by atoms with Crippen LogP contribution in [-0.2, 0) is 6.54 Å². The topological polar surface area (TPSA) is 45.1 Å². The summed E-state index contributed by atoms with van der Waals surface area (Å²) in [6, 6.07) is 10.1. The summed E-state index contributed by atoms with van der Waals surface area (Å²) in [4.78, 5) is 5.72. The van der Waals surface area contributed by atoms with Crippen LogP contribution in [0.3, 0.4) is 0 Å². The minimum absolute atomic E-state index is 0.336. The van der Waals surface area contributed by atoms with Crippen LogP contribution in [0.5, 0.6) is 0 Å². The molecule has 2 heterocycles. The minimum Gasteiger partial charge on any atom is -0.387 e. The number of thiophene rings is 1. The molecule has 2 aromatic heterocycles. The zero-order chi connectivity index (χ0) is 15.4. The molecule has 0 saturated carbocycles. The molecule has 1 unspecified atom stereocenters. The Labute approximate surface area is 136 Å². The van der Waals surface area contributed by atoms with Gasteiger partial charge in [-0.15, -0.1) is 22.7 Å². The van der Waals surface area contributed by atoms with Gasteiger partial charge in [0.15, 0.2) is 0 Å². The van der Waals surface area contributed by atoms with Gasteiger partial charge in [-0.1, -0.05) is 18.2 Å². The second-order valence-electron chi connectivity index (χ2n) is 4.82. The van der Waals surface area contributed by atoms with Crippen molar-refractivity contribution in [3.63, 3.8) is 0 Å². The Kier molecular flexibility index (Phi) is 4.94. The van der Waals surface area contributed by atoms with Gasteiger partial charge < -0.3 is 10.4 Å². The number of rotatable bonds is 6. The Balaban J connectivity index is 1.53. The molecule has 0 spiro atoms. The number of nitrogens with zero attached hydrogens (tertiary/aromatic N) is 1. The molecule has 0 amide bonds. The zero-order valence-electron chi connectivity index (χ0n) is 11.7. The maximum atomic E-state index is 13.1. The maximum absolute atomic E-state index is 13.1. The summed E-state index contributed by atoms with van der Waals surface area (Å²) in [5.74, 6) is -0.336. The van der Waals surface area contributed by atoms with E-state index in [1.807, 2.05) is 16.8 Å². The number of thiazole rings is 1. The van der Waals surface area contributed by atoms with Crippen LogP contribution in [0.4, 0.5) is 4.39 Å². The van der Waals surface area contributed by atoms with Gasteiger partial charge in [-0.3, -0.25) is 0 Å². The number of aromatic nitrogens is 1. The smallest absolute Gasteiger partial charge is 0.133 e. The van der Waals surface area contributed by atoms with Gasteiger partial charge in [0, 0.05) is 18.5 Å². The Bertz CT molecular complexity index is 727. The molecular weight excluding hydrogens is 319 g/mol. The van der Waals surface area contributed by atoms with Crippen LogP contribution in [0, 0.1) is 5.82 Å². The standard InChI is InChI=1S/C16H15FN2OS2/c17-12-4-1-3-11(7-12)14(20)9-18-8-13-10-22-16(19-13)15-5-2-6-21-15/h1-7,10,14,18,20H,8-9H2. The van der Waals surface area contributed by atoms with E-state index >= 15 is 0 Å². The number of aliphatic hydroxyl groups excluding tert-OH is 1. The van der Waals surface area contributed by atoms with E-state index in [9.17, 15) is 9.50 Å². The first kappa shape index (κ1) is 15.3. The first-order chi connectivity index (χ1) is 10.7. The van der Waals surface area contributed by atoms with Gasteiger partial charge in [-0.2, -0.15) is 0 Å². The Morgan fingerprint density at radius 2 is 2.14 bits per heavy atom. The van der Waals surface area contributed by atoms with Crippen LogP contribution in [0.25, 0.3) is 9.88 Å². The number of hydrogen-bond donors (Lipinski definition) is 2. The van der Waals surface area contributed by atoms with E-state index in [2.05, 4.69) is 16.4 Å². The lowest BCUT2D eigenvalue weighted by atomic mass is 10.1. The highest BCUT2D eigenvalue weighted by Crippen LogP contribution is 2.27. The monoisotopic (exact) mass is 334 g/mol. The molecular formula is C16H15FN2OS2. The van der Waals surface area contributed by atoms with Crippen LogP contribution < -0.4 is 5.32 Å². The third-order valence-corrected chi connectivity index (χ3v) is 5.09. The second-order valence-corrected chi connectivity index (χ2v) is 6.63. The normalized spacial score (nSPS) is 12.5. The first-order valence-electron chi connectivity index (χ1n) is 6.85. The summed E-state index contributed by atoms with van der Waals surface area (Å²) in [5.41, 5.74) is 1.52. The molecule has 0 aliphatic carbocycles. The van der Waals surface area contributed by atoms with Gasteiger partial charge in [-0.05, 0) is 29.1 Å². The molecule has 3 rings (SSSR count). The van der Waals surface area contributed by atoms with Crippen LogP contribution in [-0.4, -0.2) is 16.6 Å². The van der Waals surface area contributed by atoms with Gasteiger partial charge in [-0.25, -0.2) is 9.37 Å². The average molecular weight is 334 g/mol. The predicted molar refractivity (Wildman–Crippen MR) is 88.5 cm³/mol. The molecule has 1 aromatic carbocycles. The summed E-state index contributed by atoms with van der Waals surface area (Å²) in [7, 11) is 0. The molecule has 114 valence electrons. The van der Waals surface area contributed by atoms with E-state index in [1.165, 1.54) is 12.1 Å². The number of halogens is 1. The van der Waals surface area contributed by atoms with Crippen LogP contribution in [0.15, 0.2) is 47.2 Å². The van der Waals surface area contributed by atoms with Crippen molar-refractivity contribution in [1.82, 2.24) is 10.3 Å². The fourth-order valence-corrected chi connectivity index (χ4v) is 3.70. The quantitative estimate of drug-likeness (QED) is 0.720. The van der Waals surface area contributed by atoms with Crippen molar-refractivity contribution in [3.05, 3.63) is 64.2 Å². The highest BCUT2D eigenvalue weighted by molar-refractivity contribution is 7.20. The lowest BCUT2D eigenvalue weighted by Crippen LogP contribution is -2.21. The maximum Gasteiger partial charge on any atom is 0.133 e. The Morgan fingerprint density at radius 1 is 1.23 bits per heavy atom. The van der Waals surface area contributed by atoms with E-state index in [1.54, 1.807) is 34.8 Å². The molecule has 2 N–H and O–H groups in total. The van der Waals surface area contributed by atoms with E-state index in [0.717, 1.165) is 15.6 Å². The predicted octanol–water partition coefficient (Wildman–Crippen LogP) is 3.83. The SMILES string of the molecule is OC(CNCc1csc(-c2cccs2)n1)c1cccc(F)c1. The lowest BCUT2D eigenvalue weighted by molar-refractivity contribution is 0.174. The Hall–Kier alpha value is -1.60. The minimum atomic E-state index is -0.730. The summed E-state index contributed by atoms with van der Waals surface area (Å²) < 4.78 is 13.1. The van der Waals surface area contributed by atoms with Crippen molar-refractivity contribution in [1.29, 1.82) is 0 Å². The van der Waals surface area contributed by atoms with Gasteiger partial charge in [0.1, 0.15) is 10.8 Å². The van der Waals surface area contributed by atoms with E-state index in [-0.39, 0.29) is 5.82 Å². The zero-order valence-corrected chi connectivity index (χ0v) is 13.3. The van der Waals surface area contributed by atoms with Crippen LogP contribution >= 0.6 is 22.7 Å².